The predicted octanol–water partition coefficient (Wildman–Crippen LogP) is 5.60. The van der Waals surface area contributed by atoms with Gasteiger partial charge in [-0.2, -0.15) is 4.98 Å². The molecule has 0 saturated carbocycles. The number of carbonyl (C=O) groups is 1. The lowest BCUT2D eigenvalue weighted by atomic mass is 9.87. The fourth-order valence-electron chi connectivity index (χ4n) is 3.71. The van der Waals surface area contributed by atoms with Crippen molar-refractivity contribution in [2.24, 2.45) is 5.92 Å². The summed E-state index contributed by atoms with van der Waals surface area (Å²) in [6.45, 7) is 6.26. The quantitative estimate of drug-likeness (QED) is 0.597. The van der Waals surface area contributed by atoms with Crippen LogP contribution in [-0.4, -0.2) is 15.8 Å². The summed E-state index contributed by atoms with van der Waals surface area (Å²) in [4.78, 5) is 22.2. The summed E-state index contributed by atoms with van der Waals surface area (Å²) in [5, 5.41) is 6.68. The van der Waals surface area contributed by atoms with Crippen molar-refractivity contribution >= 4 is 28.9 Å². The number of rotatable bonds is 5. The van der Waals surface area contributed by atoms with Gasteiger partial charge < -0.3 is 10.6 Å². The van der Waals surface area contributed by atoms with E-state index in [9.17, 15) is 4.79 Å². The molecule has 29 heavy (non-hydrogen) atoms. The van der Waals surface area contributed by atoms with E-state index in [-0.39, 0.29) is 11.7 Å². The number of fused-ring (bicyclic) bond motifs is 1. The molecule has 148 valence electrons. The molecule has 1 atom stereocenters. The molecular weight excluding hydrogens is 360 g/mol. The normalized spacial score (nSPS) is 15.7. The van der Waals surface area contributed by atoms with Gasteiger partial charge in [0.25, 0.3) is 0 Å². The summed E-state index contributed by atoms with van der Waals surface area (Å²) in [6.07, 6.45) is 2.31. The fourth-order valence-corrected chi connectivity index (χ4v) is 3.71. The first-order valence-electron chi connectivity index (χ1n) is 10.2. The number of Topliss-reactive ketones (excluding diaryl/α,β-unsaturated/α-hetero) is 1. The van der Waals surface area contributed by atoms with E-state index in [2.05, 4.69) is 41.6 Å². The van der Waals surface area contributed by atoms with Gasteiger partial charge in [-0.3, -0.25) is 4.79 Å². The molecular formula is C24H26N4O. The lowest BCUT2D eigenvalue weighted by Gasteiger charge is -2.23. The van der Waals surface area contributed by atoms with Crippen LogP contribution in [0.15, 0.2) is 48.5 Å². The van der Waals surface area contributed by atoms with E-state index in [0.29, 0.717) is 23.8 Å². The number of anilines is 4. The van der Waals surface area contributed by atoms with Crippen molar-refractivity contribution in [1.29, 1.82) is 0 Å². The topological polar surface area (TPSA) is 66.9 Å². The highest BCUT2D eigenvalue weighted by Crippen LogP contribution is 2.32. The first-order chi connectivity index (χ1) is 14.0. The Morgan fingerprint density at radius 3 is 2.48 bits per heavy atom. The van der Waals surface area contributed by atoms with Crippen molar-refractivity contribution in [3.8, 4) is 0 Å². The molecule has 0 bridgehead atoms. The smallest absolute Gasteiger partial charge is 0.229 e. The second-order valence-electron chi connectivity index (χ2n) is 7.77. The molecule has 1 unspecified atom stereocenters. The van der Waals surface area contributed by atoms with E-state index in [1.807, 2.05) is 43.3 Å². The summed E-state index contributed by atoms with van der Waals surface area (Å²) in [5.74, 6) is 1.47. The van der Waals surface area contributed by atoms with Crippen LogP contribution in [0, 0.1) is 12.8 Å². The molecule has 1 aliphatic rings. The van der Waals surface area contributed by atoms with Gasteiger partial charge in [0.2, 0.25) is 5.95 Å². The fraction of sp³-hybridized carbons (Fsp3) is 0.292. The van der Waals surface area contributed by atoms with E-state index in [0.717, 1.165) is 35.5 Å². The van der Waals surface area contributed by atoms with Crippen molar-refractivity contribution in [1.82, 2.24) is 9.97 Å². The van der Waals surface area contributed by atoms with Gasteiger partial charge in [-0.1, -0.05) is 44.2 Å². The molecule has 0 radical (unpaired) electrons. The van der Waals surface area contributed by atoms with Gasteiger partial charge in [0.15, 0.2) is 5.78 Å². The molecule has 0 aliphatic heterocycles. The van der Waals surface area contributed by atoms with Crippen LogP contribution < -0.4 is 10.6 Å². The third kappa shape index (κ3) is 4.14. The Morgan fingerprint density at radius 1 is 1.00 bits per heavy atom. The van der Waals surface area contributed by atoms with Crippen LogP contribution in [-0.2, 0) is 12.8 Å². The number of carbonyl (C=O) groups excluding carboxylic acids is 1. The maximum Gasteiger partial charge on any atom is 0.229 e. The van der Waals surface area contributed by atoms with E-state index >= 15 is 0 Å². The molecule has 3 aromatic rings. The SMILES string of the molecule is CCc1ccc(Nc2nc3c(c(Nc4ccccc4C)n2)C(=O)CC(C)C3)cc1. The van der Waals surface area contributed by atoms with E-state index in [1.54, 1.807) is 0 Å². The average molecular weight is 386 g/mol. The van der Waals surface area contributed by atoms with Crippen molar-refractivity contribution in [3.63, 3.8) is 0 Å². The number of nitrogens with one attached hydrogen (secondary N) is 2. The number of nitrogens with zero attached hydrogens (tertiary/aromatic N) is 2. The van der Waals surface area contributed by atoms with E-state index in [4.69, 9.17) is 4.98 Å². The van der Waals surface area contributed by atoms with Crippen molar-refractivity contribution in [2.45, 2.75) is 40.0 Å². The Hall–Kier alpha value is -3.21. The van der Waals surface area contributed by atoms with Crippen molar-refractivity contribution in [3.05, 3.63) is 70.9 Å². The standard InChI is InChI=1S/C24H26N4O/c1-4-17-9-11-18(12-10-17)25-24-27-20-13-15(2)14-21(29)22(20)23(28-24)26-19-8-6-5-7-16(19)3/h5-12,15H,4,13-14H2,1-3H3,(H2,25,26,27,28). The van der Waals surface area contributed by atoms with Gasteiger partial charge >= 0.3 is 0 Å². The summed E-state index contributed by atoms with van der Waals surface area (Å²) < 4.78 is 0. The summed E-state index contributed by atoms with van der Waals surface area (Å²) >= 11 is 0. The number of aromatic nitrogens is 2. The van der Waals surface area contributed by atoms with Gasteiger partial charge in [0.1, 0.15) is 5.82 Å². The minimum absolute atomic E-state index is 0.105. The van der Waals surface area contributed by atoms with E-state index < -0.39 is 0 Å². The van der Waals surface area contributed by atoms with Crippen LogP contribution in [0.1, 0.15) is 47.4 Å². The molecule has 5 nitrogen and oxygen atoms in total. The largest absolute Gasteiger partial charge is 0.339 e. The molecule has 1 aliphatic carbocycles. The summed E-state index contributed by atoms with van der Waals surface area (Å²) in [7, 11) is 0. The molecule has 1 heterocycles. The maximum atomic E-state index is 12.8. The number of para-hydroxylation sites is 1. The molecule has 0 amide bonds. The first kappa shape index (κ1) is 19.1. The highest BCUT2D eigenvalue weighted by Gasteiger charge is 2.28. The maximum absolute atomic E-state index is 12.8. The van der Waals surface area contributed by atoms with Crippen LogP contribution in [0.5, 0.6) is 0 Å². The van der Waals surface area contributed by atoms with Gasteiger partial charge in [0.05, 0.1) is 11.3 Å². The zero-order chi connectivity index (χ0) is 20.4. The molecule has 0 spiro atoms. The summed E-state index contributed by atoms with van der Waals surface area (Å²) in [6, 6.07) is 16.3. The van der Waals surface area contributed by atoms with Crippen molar-refractivity contribution < 1.29 is 4.79 Å². The third-order valence-electron chi connectivity index (χ3n) is 5.35. The Morgan fingerprint density at radius 2 is 1.76 bits per heavy atom. The Kier molecular flexibility index (Phi) is 5.30. The second kappa shape index (κ2) is 8.03. The third-order valence-corrected chi connectivity index (χ3v) is 5.35. The highest BCUT2D eigenvalue weighted by molar-refractivity contribution is 6.03. The van der Waals surface area contributed by atoms with Crippen molar-refractivity contribution in [2.75, 3.05) is 10.6 Å². The number of aryl methyl sites for hydroxylation is 2. The lowest BCUT2D eigenvalue weighted by molar-refractivity contribution is 0.0953. The van der Waals surface area contributed by atoms with Gasteiger partial charge in [-0.15, -0.1) is 0 Å². The molecule has 5 heteroatoms. The van der Waals surface area contributed by atoms with Crippen LogP contribution in [0.2, 0.25) is 0 Å². The predicted molar refractivity (Wildman–Crippen MR) is 117 cm³/mol. The number of hydrogen-bond donors (Lipinski definition) is 2. The zero-order valence-electron chi connectivity index (χ0n) is 17.1. The molecule has 1 aromatic heterocycles. The number of benzene rings is 2. The zero-order valence-corrected chi connectivity index (χ0v) is 17.1. The van der Waals surface area contributed by atoms with Gasteiger partial charge in [-0.25, -0.2) is 4.98 Å². The minimum atomic E-state index is 0.105. The molecule has 0 fully saturated rings. The van der Waals surface area contributed by atoms with Crippen LogP contribution >= 0.6 is 0 Å². The van der Waals surface area contributed by atoms with Crippen LogP contribution in [0.3, 0.4) is 0 Å². The van der Waals surface area contributed by atoms with E-state index in [1.165, 1.54) is 5.56 Å². The van der Waals surface area contributed by atoms with Gasteiger partial charge in [-0.05, 0) is 55.0 Å². The average Bonchev–Trinajstić information content (AvgIpc) is 2.69. The number of hydrogen-bond acceptors (Lipinski definition) is 5. The molecule has 2 aromatic carbocycles. The number of ketones is 1. The Labute approximate surface area is 171 Å². The molecule has 4 rings (SSSR count). The first-order valence-corrected chi connectivity index (χ1v) is 10.2. The molecule has 0 saturated heterocycles. The minimum Gasteiger partial charge on any atom is -0.339 e. The monoisotopic (exact) mass is 386 g/mol. The Balaban J connectivity index is 1.73. The Bertz CT molecular complexity index is 1040. The molecule has 2 N–H and O–H groups in total. The lowest BCUT2D eigenvalue weighted by Crippen LogP contribution is -2.22. The van der Waals surface area contributed by atoms with Crippen LogP contribution in [0.4, 0.5) is 23.1 Å². The summed E-state index contributed by atoms with van der Waals surface area (Å²) in [5.41, 5.74) is 5.69. The van der Waals surface area contributed by atoms with Crippen LogP contribution in [0.25, 0.3) is 0 Å². The second-order valence-corrected chi connectivity index (χ2v) is 7.77. The highest BCUT2D eigenvalue weighted by atomic mass is 16.1. The van der Waals surface area contributed by atoms with Gasteiger partial charge in [0, 0.05) is 17.8 Å².